The van der Waals surface area contributed by atoms with Crippen molar-refractivity contribution in [3.05, 3.63) is 16.8 Å². The number of tetrazole rings is 1. The molecule has 0 aromatic carbocycles. The molecule has 13 heavy (non-hydrogen) atoms. The molecule has 68 valence electrons. The topological polar surface area (TPSA) is 76.6 Å². The van der Waals surface area contributed by atoms with Gasteiger partial charge in [-0.05, 0) is 11.5 Å². The fourth-order valence-corrected chi connectivity index (χ4v) is 1.57. The summed E-state index contributed by atoms with van der Waals surface area (Å²) in [5, 5.41) is 13.5. The predicted molar refractivity (Wildman–Crippen MR) is 45.6 cm³/mol. The van der Waals surface area contributed by atoms with Crippen LogP contribution in [-0.2, 0) is 6.42 Å². The van der Waals surface area contributed by atoms with Crippen LogP contribution < -0.4 is 4.74 Å². The Labute approximate surface area is 78.1 Å². The van der Waals surface area contributed by atoms with Gasteiger partial charge in [0.25, 0.3) is 0 Å². The van der Waals surface area contributed by atoms with E-state index in [1.165, 1.54) is 11.5 Å². The second-order valence-corrected chi connectivity index (χ2v) is 3.23. The molecular formula is C6H7N5OS. The maximum Gasteiger partial charge on any atom is 0.225 e. The van der Waals surface area contributed by atoms with Crippen LogP contribution in [0, 0.1) is 0 Å². The highest BCUT2D eigenvalue weighted by Crippen LogP contribution is 2.17. The average molecular weight is 197 g/mol. The number of aromatic amines is 1. The molecule has 0 aliphatic heterocycles. The summed E-state index contributed by atoms with van der Waals surface area (Å²) < 4.78 is 9.00. The van der Waals surface area contributed by atoms with Crippen LogP contribution in [0.4, 0.5) is 0 Å². The molecule has 1 N–H and O–H groups in total. The maximum absolute atomic E-state index is 4.95. The molecule has 2 aromatic heterocycles. The maximum atomic E-state index is 4.95. The van der Waals surface area contributed by atoms with E-state index in [0.717, 1.165) is 4.88 Å². The van der Waals surface area contributed by atoms with Crippen LogP contribution in [-0.4, -0.2) is 32.1 Å². The quantitative estimate of drug-likeness (QED) is 0.763. The van der Waals surface area contributed by atoms with Crippen molar-refractivity contribution in [2.24, 2.45) is 0 Å². The molecule has 2 aromatic rings. The lowest BCUT2D eigenvalue weighted by Gasteiger charge is -1.87. The monoisotopic (exact) mass is 197 g/mol. The number of H-pyrrole nitrogens is 1. The van der Waals surface area contributed by atoms with E-state index in [0.29, 0.717) is 18.1 Å². The van der Waals surface area contributed by atoms with Crippen molar-refractivity contribution in [3.8, 4) is 5.88 Å². The van der Waals surface area contributed by atoms with E-state index in [1.54, 1.807) is 7.11 Å². The Morgan fingerprint density at radius 2 is 2.54 bits per heavy atom. The number of nitrogens with one attached hydrogen (secondary N) is 1. The number of hydrogen-bond acceptors (Lipinski definition) is 6. The first-order valence-electron chi connectivity index (χ1n) is 3.60. The Balaban J connectivity index is 2.10. The lowest BCUT2D eigenvalue weighted by molar-refractivity contribution is 0.402. The molecule has 0 radical (unpaired) electrons. The molecule has 0 saturated carbocycles. The second kappa shape index (κ2) is 3.48. The largest absolute Gasteiger partial charge is 0.480 e. The molecule has 0 saturated heterocycles. The first-order valence-corrected chi connectivity index (χ1v) is 4.37. The minimum Gasteiger partial charge on any atom is -0.480 e. The second-order valence-electron chi connectivity index (χ2n) is 2.34. The van der Waals surface area contributed by atoms with Crippen molar-refractivity contribution < 1.29 is 4.74 Å². The van der Waals surface area contributed by atoms with Gasteiger partial charge in [0.15, 0.2) is 5.82 Å². The van der Waals surface area contributed by atoms with Gasteiger partial charge in [0.1, 0.15) is 0 Å². The summed E-state index contributed by atoms with van der Waals surface area (Å²) in [6.07, 6.45) is 0.636. The van der Waals surface area contributed by atoms with Crippen molar-refractivity contribution in [2.75, 3.05) is 7.11 Å². The molecule has 0 aliphatic carbocycles. The van der Waals surface area contributed by atoms with Crippen LogP contribution >= 0.6 is 11.5 Å². The number of aromatic nitrogens is 5. The smallest absolute Gasteiger partial charge is 0.225 e. The third-order valence-electron chi connectivity index (χ3n) is 1.47. The zero-order valence-corrected chi connectivity index (χ0v) is 7.71. The van der Waals surface area contributed by atoms with Gasteiger partial charge in [0, 0.05) is 17.4 Å². The van der Waals surface area contributed by atoms with E-state index >= 15 is 0 Å². The van der Waals surface area contributed by atoms with Crippen LogP contribution in [0.1, 0.15) is 10.7 Å². The van der Waals surface area contributed by atoms with Crippen LogP contribution in [0.15, 0.2) is 6.07 Å². The Hall–Kier alpha value is -1.50. The van der Waals surface area contributed by atoms with Gasteiger partial charge in [0.2, 0.25) is 5.88 Å². The average Bonchev–Trinajstić information content (AvgIpc) is 2.76. The van der Waals surface area contributed by atoms with Crippen molar-refractivity contribution in [2.45, 2.75) is 6.42 Å². The van der Waals surface area contributed by atoms with Crippen LogP contribution in [0.5, 0.6) is 5.88 Å². The molecule has 2 heterocycles. The van der Waals surface area contributed by atoms with Crippen molar-refractivity contribution in [1.82, 2.24) is 25.0 Å². The molecule has 6 nitrogen and oxygen atoms in total. The summed E-state index contributed by atoms with van der Waals surface area (Å²) in [5.74, 6) is 1.29. The molecule has 0 bridgehead atoms. The van der Waals surface area contributed by atoms with Crippen LogP contribution in [0.2, 0.25) is 0 Å². The van der Waals surface area contributed by atoms with Gasteiger partial charge in [-0.3, -0.25) is 0 Å². The summed E-state index contributed by atoms with van der Waals surface area (Å²) in [5.41, 5.74) is 0. The molecule has 0 aliphatic rings. The third kappa shape index (κ3) is 1.81. The fourth-order valence-electron chi connectivity index (χ4n) is 0.887. The zero-order valence-electron chi connectivity index (χ0n) is 6.89. The summed E-state index contributed by atoms with van der Waals surface area (Å²) in [6, 6.07) is 1.86. The number of hydrogen-bond donors (Lipinski definition) is 1. The Morgan fingerprint density at radius 1 is 1.62 bits per heavy atom. The first-order chi connectivity index (χ1) is 6.38. The lowest BCUT2D eigenvalue weighted by atomic mass is 10.3. The van der Waals surface area contributed by atoms with E-state index in [4.69, 9.17) is 4.74 Å². The molecule has 0 atom stereocenters. The van der Waals surface area contributed by atoms with E-state index < -0.39 is 0 Å². The minimum atomic E-state index is 0.628. The molecule has 7 heteroatoms. The summed E-state index contributed by atoms with van der Waals surface area (Å²) in [6.45, 7) is 0. The van der Waals surface area contributed by atoms with Crippen LogP contribution in [0.25, 0.3) is 0 Å². The molecule has 0 unspecified atom stereocenters. The molecule has 0 spiro atoms. The van der Waals surface area contributed by atoms with Gasteiger partial charge in [-0.2, -0.15) is 9.59 Å². The van der Waals surface area contributed by atoms with Gasteiger partial charge < -0.3 is 4.74 Å². The minimum absolute atomic E-state index is 0.628. The zero-order chi connectivity index (χ0) is 9.10. The first kappa shape index (κ1) is 8.11. The number of rotatable bonds is 3. The summed E-state index contributed by atoms with van der Waals surface area (Å²) in [4.78, 5) is 1.05. The van der Waals surface area contributed by atoms with Gasteiger partial charge in [-0.15, -0.1) is 10.2 Å². The SMILES string of the molecule is COc1cc(Cc2nn[nH]n2)sn1. The Kier molecular flexibility index (Phi) is 2.17. The van der Waals surface area contributed by atoms with Crippen molar-refractivity contribution >= 4 is 11.5 Å². The highest BCUT2D eigenvalue weighted by Gasteiger charge is 2.05. The predicted octanol–water partition coefficient (Wildman–Crippen LogP) is 0.256. The normalized spacial score (nSPS) is 10.2. The highest BCUT2D eigenvalue weighted by molar-refractivity contribution is 7.05. The number of methoxy groups -OCH3 is 1. The Morgan fingerprint density at radius 3 is 3.15 bits per heavy atom. The molecule has 2 rings (SSSR count). The van der Waals surface area contributed by atoms with Crippen LogP contribution in [0.3, 0.4) is 0 Å². The van der Waals surface area contributed by atoms with Gasteiger partial charge in [0.05, 0.1) is 7.11 Å². The van der Waals surface area contributed by atoms with Gasteiger partial charge in [-0.25, -0.2) is 0 Å². The number of nitrogens with zero attached hydrogens (tertiary/aromatic N) is 4. The van der Waals surface area contributed by atoms with E-state index in [2.05, 4.69) is 25.0 Å². The highest BCUT2D eigenvalue weighted by atomic mass is 32.1. The molecular weight excluding hydrogens is 190 g/mol. The van der Waals surface area contributed by atoms with Crippen molar-refractivity contribution in [3.63, 3.8) is 0 Å². The molecule has 0 fully saturated rings. The van der Waals surface area contributed by atoms with E-state index in [1.807, 2.05) is 6.07 Å². The van der Waals surface area contributed by atoms with E-state index in [9.17, 15) is 0 Å². The standard InChI is InChI=1S/C6H7N5OS/c1-12-6-3-4(13-9-6)2-5-7-10-11-8-5/h3H,2H2,1H3,(H,7,8,10,11). The van der Waals surface area contributed by atoms with Gasteiger partial charge in [-0.1, -0.05) is 5.21 Å². The summed E-state index contributed by atoms with van der Waals surface area (Å²) in [7, 11) is 1.59. The third-order valence-corrected chi connectivity index (χ3v) is 2.24. The summed E-state index contributed by atoms with van der Waals surface area (Å²) >= 11 is 1.38. The molecule has 0 amide bonds. The van der Waals surface area contributed by atoms with E-state index in [-0.39, 0.29) is 0 Å². The number of ether oxygens (including phenoxy) is 1. The van der Waals surface area contributed by atoms with Gasteiger partial charge >= 0.3 is 0 Å². The Bertz CT molecular complexity index is 370. The lowest BCUT2D eigenvalue weighted by Crippen LogP contribution is -1.87. The van der Waals surface area contributed by atoms with Crippen molar-refractivity contribution in [1.29, 1.82) is 0 Å². The fraction of sp³-hybridized carbons (Fsp3) is 0.333.